The number of fused-ring (bicyclic) bond motifs is 1. The largest absolute Gasteiger partial charge is 0.497 e. The van der Waals surface area contributed by atoms with Crippen molar-refractivity contribution in [1.29, 1.82) is 0 Å². The van der Waals surface area contributed by atoms with E-state index in [2.05, 4.69) is 0 Å². The van der Waals surface area contributed by atoms with Crippen molar-refractivity contribution in [2.24, 2.45) is 0 Å². The van der Waals surface area contributed by atoms with Gasteiger partial charge < -0.3 is 34.3 Å². The number of ether oxygens (including phenoxy) is 4. The van der Waals surface area contributed by atoms with Gasteiger partial charge in [-0.2, -0.15) is 0 Å². The molecule has 1 aliphatic heterocycles. The molecule has 27 heavy (non-hydrogen) atoms. The van der Waals surface area contributed by atoms with Gasteiger partial charge in [0.05, 0.1) is 13.7 Å². The highest BCUT2D eigenvalue weighted by atomic mass is 16.8. The maximum atomic E-state index is 10.5. The molecule has 3 fully saturated rings. The van der Waals surface area contributed by atoms with E-state index in [-0.39, 0.29) is 6.61 Å². The maximum absolute atomic E-state index is 10.5. The van der Waals surface area contributed by atoms with Crippen molar-refractivity contribution in [2.75, 3.05) is 7.11 Å². The van der Waals surface area contributed by atoms with E-state index >= 15 is 0 Å². The highest BCUT2D eigenvalue weighted by molar-refractivity contribution is 5.26. The standard InChI is InChI=1S/C20H28O7/c1-24-13-7-5-12(6-8-13)11-25-17-15(22)14(21)16(23)18-19(17)27-20(26-18)9-3-2-4-10-20/h5-8,14-19,21-23H,2-4,9-11H2,1H3. The fourth-order valence-corrected chi connectivity index (χ4v) is 4.39. The average molecular weight is 380 g/mol. The van der Waals surface area contributed by atoms with Crippen molar-refractivity contribution < 1.29 is 34.3 Å². The highest BCUT2D eigenvalue weighted by Crippen LogP contribution is 2.45. The normalized spacial score (nSPS) is 37.9. The number of hydrogen-bond donors (Lipinski definition) is 3. The van der Waals surface area contributed by atoms with Gasteiger partial charge in [-0.3, -0.25) is 0 Å². The monoisotopic (exact) mass is 380 g/mol. The first kappa shape index (κ1) is 19.1. The molecule has 1 aromatic carbocycles. The van der Waals surface area contributed by atoms with Crippen LogP contribution in [0.1, 0.15) is 37.7 Å². The van der Waals surface area contributed by atoms with E-state index in [1.807, 2.05) is 24.3 Å². The number of rotatable bonds is 4. The van der Waals surface area contributed by atoms with Crippen LogP contribution in [0, 0.1) is 0 Å². The van der Waals surface area contributed by atoms with Gasteiger partial charge in [0.25, 0.3) is 0 Å². The second-order valence-electron chi connectivity index (χ2n) is 7.73. The Morgan fingerprint density at radius 3 is 2.26 bits per heavy atom. The van der Waals surface area contributed by atoms with Crippen LogP contribution in [0.25, 0.3) is 0 Å². The molecule has 6 unspecified atom stereocenters. The molecule has 4 rings (SSSR count). The van der Waals surface area contributed by atoms with Gasteiger partial charge in [-0.05, 0) is 30.5 Å². The van der Waals surface area contributed by atoms with E-state index in [4.69, 9.17) is 18.9 Å². The van der Waals surface area contributed by atoms with Crippen molar-refractivity contribution in [3.63, 3.8) is 0 Å². The summed E-state index contributed by atoms with van der Waals surface area (Å²) in [6.07, 6.45) is -1.25. The first-order valence-corrected chi connectivity index (χ1v) is 9.67. The average Bonchev–Trinajstić information content (AvgIpc) is 3.06. The van der Waals surface area contributed by atoms with Crippen molar-refractivity contribution in [3.05, 3.63) is 29.8 Å². The van der Waals surface area contributed by atoms with Gasteiger partial charge in [0.2, 0.25) is 0 Å². The summed E-state index contributed by atoms with van der Waals surface area (Å²) in [5.41, 5.74) is 0.909. The molecular weight excluding hydrogens is 352 g/mol. The van der Waals surface area contributed by atoms with Crippen LogP contribution in [-0.4, -0.2) is 64.8 Å². The van der Waals surface area contributed by atoms with Gasteiger partial charge >= 0.3 is 0 Å². The van der Waals surface area contributed by atoms with Crippen LogP contribution in [0.15, 0.2) is 24.3 Å². The molecule has 1 aromatic rings. The zero-order valence-corrected chi connectivity index (χ0v) is 15.5. The van der Waals surface area contributed by atoms with Crippen molar-refractivity contribution in [2.45, 2.75) is 81.1 Å². The minimum absolute atomic E-state index is 0.244. The number of methoxy groups -OCH3 is 1. The van der Waals surface area contributed by atoms with Gasteiger partial charge in [0.1, 0.15) is 42.4 Å². The first-order chi connectivity index (χ1) is 13.0. The second-order valence-corrected chi connectivity index (χ2v) is 7.73. The third kappa shape index (κ3) is 3.60. The molecule has 1 heterocycles. The molecule has 0 radical (unpaired) electrons. The lowest BCUT2D eigenvalue weighted by atomic mass is 9.85. The van der Waals surface area contributed by atoms with E-state index < -0.39 is 42.4 Å². The number of benzene rings is 1. The number of hydrogen-bond acceptors (Lipinski definition) is 7. The Bertz CT molecular complexity index is 628. The van der Waals surface area contributed by atoms with Crippen molar-refractivity contribution in [3.8, 4) is 5.75 Å². The topological polar surface area (TPSA) is 97.6 Å². The first-order valence-electron chi connectivity index (χ1n) is 9.67. The van der Waals surface area contributed by atoms with Gasteiger partial charge in [-0.25, -0.2) is 0 Å². The lowest BCUT2D eigenvalue weighted by molar-refractivity contribution is -0.212. The molecule has 150 valence electrons. The Balaban J connectivity index is 1.49. The molecule has 0 aromatic heterocycles. The molecule has 0 amide bonds. The van der Waals surface area contributed by atoms with Crippen molar-refractivity contribution >= 4 is 0 Å². The molecule has 1 saturated heterocycles. The Hall–Kier alpha value is -1.22. The fraction of sp³-hybridized carbons (Fsp3) is 0.700. The summed E-state index contributed by atoms with van der Waals surface area (Å²) < 4.78 is 23.4. The van der Waals surface area contributed by atoms with E-state index in [0.29, 0.717) is 0 Å². The van der Waals surface area contributed by atoms with E-state index in [9.17, 15) is 15.3 Å². The zero-order chi connectivity index (χ0) is 19.0. The quantitative estimate of drug-likeness (QED) is 0.720. The number of aliphatic hydroxyl groups is 3. The van der Waals surface area contributed by atoms with Gasteiger partial charge in [0, 0.05) is 12.8 Å². The van der Waals surface area contributed by atoms with Crippen LogP contribution in [-0.2, 0) is 20.8 Å². The summed E-state index contributed by atoms with van der Waals surface area (Å²) in [4.78, 5) is 0. The second kappa shape index (κ2) is 7.66. The minimum Gasteiger partial charge on any atom is -0.497 e. The third-order valence-electron chi connectivity index (χ3n) is 5.94. The van der Waals surface area contributed by atoms with E-state index in [0.717, 1.165) is 43.4 Å². The molecule has 3 aliphatic rings. The summed E-state index contributed by atoms with van der Waals surface area (Å²) in [6, 6.07) is 7.43. The van der Waals surface area contributed by atoms with Gasteiger partial charge in [-0.1, -0.05) is 18.6 Å². The van der Waals surface area contributed by atoms with Crippen LogP contribution in [0.5, 0.6) is 5.75 Å². The summed E-state index contributed by atoms with van der Waals surface area (Å²) in [5.74, 6) is 0.0156. The molecular formula is C20H28O7. The lowest BCUT2D eigenvalue weighted by Crippen LogP contribution is -2.63. The Morgan fingerprint density at radius 2 is 1.59 bits per heavy atom. The fourth-order valence-electron chi connectivity index (χ4n) is 4.39. The maximum Gasteiger partial charge on any atom is 0.169 e. The Morgan fingerprint density at radius 1 is 0.926 bits per heavy atom. The van der Waals surface area contributed by atoms with Crippen LogP contribution in [0.2, 0.25) is 0 Å². The predicted octanol–water partition coefficient (Wildman–Crippen LogP) is 1.12. The van der Waals surface area contributed by atoms with Gasteiger partial charge in [0.15, 0.2) is 5.79 Å². The van der Waals surface area contributed by atoms with Crippen LogP contribution in [0.4, 0.5) is 0 Å². The Labute approximate surface area is 158 Å². The van der Waals surface area contributed by atoms with E-state index in [1.165, 1.54) is 0 Å². The molecule has 7 nitrogen and oxygen atoms in total. The summed E-state index contributed by atoms with van der Waals surface area (Å²) in [5, 5.41) is 31.2. The van der Waals surface area contributed by atoms with Gasteiger partial charge in [-0.15, -0.1) is 0 Å². The SMILES string of the molecule is COc1ccc(COC2C(O)C(O)C(O)C3OC4(CCCCC4)OC23)cc1. The minimum atomic E-state index is -1.34. The smallest absolute Gasteiger partial charge is 0.169 e. The zero-order valence-electron chi connectivity index (χ0n) is 15.5. The Kier molecular flexibility index (Phi) is 5.42. The molecule has 3 N–H and O–H groups in total. The molecule has 7 heteroatoms. The summed E-state index contributed by atoms with van der Waals surface area (Å²) >= 11 is 0. The van der Waals surface area contributed by atoms with Crippen LogP contribution >= 0.6 is 0 Å². The molecule has 1 spiro atoms. The third-order valence-corrected chi connectivity index (χ3v) is 5.94. The molecule has 6 atom stereocenters. The van der Waals surface area contributed by atoms with Crippen LogP contribution in [0.3, 0.4) is 0 Å². The van der Waals surface area contributed by atoms with Crippen LogP contribution < -0.4 is 4.74 Å². The molecule has 2 saturated carbocycles. The van der Waals surface area contributed by atoms with E-state index in [1.54, 1.807) is 7.11 Å². The predicted molar refractivity (Wildman–Crippen MR) is 95.2 cm³/mol. The molecule has 2 aliphatic carbocycles. The summed E-state index contributed by atoms with van der Waals surface area (Å²) in [6.45, 7) is 0.244. The highest BCUT2D eigenvalue weighted by Gasteiger charge is 2.60. The molecule has 0 bridgehead atoms. The van der Waals surface area contributed by atoms with Crippen molar-refractivity contribution in [1.82, 2.24) is 0 Å². The number of aliphatic hydroxyl groups excluding tert-OH is 3. The lowest BCUT2D eigenvalue weighted by Gasteiger charge is -2.41. The summed E-state index contributed by atoms with van der Waals surface area (Å²) in [7, 11) is 1.61.